The van der Waals surface area contributed by atoms with E-state index in [1.807, 2.05) is 12.1 Å². The lowest BCUT2D eigenvalue weighted by atomic mass is 10.1. The molecule has 0 radical (unpaired) electrons. The first-order chi connectivity index (χ1) is 11.7. The Hall–Kier alpha value is -1.50. The number of aliphatic hydroxyl groups excluding tert-OH is 1. The van der Waals surface area contributed by atoms with E-state index in [4.69, 9.17) is 0 Å². The topological polar surface area (TPSA) is 52.5 Å². The third kappa shape index (κ3) is 4.32. The van der Waals surface area contributed by atoms with Crippen molar-refractivity contribution in [2.75, 3.05) is 37.6 Å². The zero-order chi connectivity index (χ0) is 16.9. The summed E-state index contributed by atoms with van der Waals surface area (Å²) in [6, 6.07) is 8.17. The number of hydrogen-bond acceptors (Lipinski definition) is 6. The van der Waals surface area contributed by atoms with E-state index < -0.39 is 6.10 Å². The van der Waals surface area contributed by atoms with Crippen LogP contribution in [-0.2, 0) is 6.42 Å². The van der Waals surface area contributed by atoms with Gasteiger partial charge in [-0.05, 0) is 18.9 Å². The molecule has 0 aliphatic carbocycles. The summed E-state index contributed by atoms with van der Waals surface area (Å²) in [5.74, 6) is 0.936. The van der Waals surface area contributed by atoms with E-state index in [1.54, 1.807) is 0 Å². The van der Waals surface area contributed by atoms with Crippen LogP contribution >= 0.6 is 11.5 Å². The molecule has 1 atom stereocenters. The molecular weight excluding hydrogens is 320 g/mol. The predicted molar refractivity (Wildman–Crippen MR) is 98.7 cm³/mol. The smallest absolute Gasteiger partial charge is 0.205 e. The molecule has 6 heteroatoms. The fraction of sp³-hybridized carbons (Fsp3) is 0.556. The predicted octanol–water partition coefficient (Wildman–Crippen LogP) is 2.65. The highest BCUT2D eigenvalue weighted by Crippen LogP contribution is 2.21. The molecule has 24 heavy (non-hydrogen) atoms. The summed E-state index contributed by atoms with van der Waals surface area (Å²) in [5, 5.41) is 11.5. The van der Waals surface area contributed by atoms with Crippen LogP contribution < -0.4 is 4.90 Å². The molecule has 0 amide bonds. The van der Waals surface area contributed by atoms with E-state index in [1.165, 1.54) is 17.1 Å². The Bertz CT molecular complexity index is 643. The summed E-state index contributed by atoms with van der Waals surface area (Å²) < 4.78 is 4.39. The lowest BCUT2D eigenvalue weighted by Crippen LogP contribution is -2.33. The summed E-state index contributed by atoms with van der Waals surface area (Å²) in [7, 11) is 0. The van der Waals surface area contributed by atoms with E-state index in [0.29, 0.717) is 6.54 Å². The zero-order valence-corrected chi connectivity index (χ0v) is 15.3. The SMILES string of the molecule is CCc1nsc(N2CCCN(CC(O)c3ccc(C)cc3)CC2)n1. The molecule has 1 N–H and O–H groups in total. The van der Waals surface area contributed by atoms with Gasteiger partial charge in [0.05, 0.1) is 6.10 Å². The molecule has 3 rings (SSSR count). The summed E-state index contributed by atoms with van der Waals surface area (Å²) in [4.78, 5) is 9.28. The molecule has 5 nitrogen and oxygen atoms in total. The highest BCUT2D eigenvalue weighted by Gasteiger charge is 2.20. The number of hydrogen-bond donors (Lipinski definition) is 1. The van der Waals surface area contributed by atoms with Gasteiger partial charge in [0.15, 0.2) is 0 Å². The number of anilines is 1. The van der Waals surface area contributed by atoms with Gasteiger partial charge in [0, 0.05) is 50.7 Å². The molecule has 1 fully saturated rings. The van der Waals surface area contributed by atoms with Crippen LogP contribution in [0.4, 0.5) is 5.13 Å². The molecule has 1 aromatic carbocycles. The molecule has 1 aliphatic heterocycles. The average molecular weight is 347 g/mol. The normalized spacial score (nSPS) is 17.7. The zero-order valence-electron chi connectivity index (χ0n) is 14.5. The first-order valence-corrected chi connectivity index (χ1v) is 9.47. The van der Waals surface area contributed by atoms with Gasteiger partial charge in [-0.15, -0.1) is 0 Å². The molecule has 1 aliphatic rings. The molecule has 130 valence electrons. The van der Waals surface area contributed by atoms with Crippen molar-refractivity contribution in [3.63, 3.8) is 0 Å². The summed E-state index contributed by atoms with van der Waals surface area (Å²) in [5.41, 5.74) is 2.22. The number of benzene rings is 1. The first kappa shape index (κ1) is 17.3. The maximum Gasteiger partial charge on any atom is 0.205 e. The first-order valence-electron chi connectivity index (χ1n) is 8.70. The molecule has 2 heterocycles. The van der Waals surface area contributed by atoms with Crippen LogP contribution in [0.1, 0.15) is 36.4 Å². The van der Waals surface area contributed by atoms with Gasteiger partial charge in [-0.2, -0.15) is 4.37 Å². The van der Waals surface area contributed by atoms with Gasteiger partial charge in [-0.3, -0.25) is 4.90 Å². The molecule has 1 saturated heterocycles. The van der Waals surface area contributed by atoms with Crippen LogP contribution in [0.15, 0.2) is 24.3 Å². The second kappa shape index (κ2) is 8.05. The minimum absolute atomic E-state index is 0.426. The molecule has 0 bridgehead atoms. The third-order valence-corrected chi connectivity index (χ3v) is 5.34. The number of nitrogens with zero attached hydrogens (tertiary/aromatic N) is 4. The number of aliphatic hydroxyl groups is 1. The van der Waals surface area contributed by atoms with Crippen molar-refractivity contribution >= 4 is 16.7 Å². The van der Waals surface area contributed by atoms with Gasteiger partial charge in [0.25, 0.3) is 0 Å². The van der Waals surface area contributed by atoms with Crippen molar-refractivity contribution in [3.8, 4) is 0 Å². The maximum atomic E-state index is 10.5. The number of β-amino-alcohol motifs (C(OH)–C–C–N with tert-alkyl or cyclic N) is 1. The number of aryl methyl sites for hydroxylation is 2. The largest absolute Gasteiger partial charge is 0.387 e. The number of aromatic nitrogens is 2. The Morgan fingerprint density at radius 3 is 2.67 bits per heavy atom. The Morgan fingerprint density at radius 2 is 1.96 bits per heavy atom. The Morgan fingerprint density at radius 1 is 1.17 bits per heavy atom. The third-order valence-electron chi connectivity index (χ3n) is 4.53. The standard InChI is InChI=1S/C18H26N4OS/c1-3-17-19-18(24-20-17)22-10-4-9-21(11-12-22)13-16(23)15-7-5-14(2)6-8-15/h5-8,16,23H,3-4,9-13H2,1-2H3. The summed E-state index contributed by atoms with van der Waals surface area (Å²) in [6.45, 7) is 8.75. The lowest BCUT2D eigenvalue weighted by molar-refractivity contribution is 0.117. The van der Waals surface area contributed by atoms with E-state index in [9.17, 15) is 5.11 Å². The van der Waals surface area contributed by atoms with Crippen LogP contribution in [0, 0.1) is 6.92 Å². The molecular formula is C18H26N4OS. The lowest BCUT2D eigenvalue weighted by Gasteiger charge is -2.24. The molecule has 0 saturated carbocycles. The molecule has 1 unspecified atom stereocenters. The van der Waals surface area contributed by atoms with Crippen LogP contribution in [0.5, 0.6) is 0 Å². The highest BCUT2D eigenvalue weighted by atomic mass is 32.1. The average Bonchev–Trinajstić information content (AvgIpc) is 2.95. The number of rotatable bonds is 5. The fourth-order valence-corrected chi connectivity index (χ4v) is 3.80. The van der Waals surface area contributed by atoms with Gasteiger partial charge in [0.1, 0.15) is 5.82 Å². The Balaban J connectivity index is 1.56. The second-order valence-electron chi connectivity index (χ2n) is 6.41. The van der Waals surface area contributed by atoms with Crippen LogP contribution in [0.25, 0.3) is 0 Å². The van der Waals surface area contributed by atoms with Crippen LogP contribution in [-0.4, -0.2) is 52.1 Å². The van der Waals surface area contributed by atoms with Gasteiger partial charge in [-0.25, -0.2) is 4.98 Å². The van der Waals surface area contributed by atoms with Gasteiger partial charge in [-0.1, -0.05) is 36.8 Å². The van der Waals surface area contributed by atoms with Crippen molar-refractivity contribution in [2.24, 2.45) is 0 Å². The summed E-state index contributed by atoms with van der Waals surface area (Å²) in [6.07, 6.45) is 1.55. The summed E-state index contributed by atoms with van der Waals surface area (Å²) >= 11 is 1.50. The quantitative estimate of drug-likeness (QED) is 0.902. The van der Waals surface area contributed by atoms with Crippen molar-refractivity contribution in [2.45, 2.75) is 32.8 Å². The van der Waals surface area contributed by atoms with Crippen molar-refractivity contribution in [3.05, 3.63) is 41.2 Å². The Labute approximate surface area is 148 Å². The van der Waals surface area contributed by atoms with Crippen molar-refractivity contribution < 1.29 is 5.11 Å². The minimum Gasteiger partial charge on any atom is -0.387 e. The van der Waals surface area contributed by atoms with Gasteiger partial charge in [0.2, 0.25) is 5.13 Å². The van der Waals surface area contributed by atoms with Crippen molar-refractivity contribution in [1.29, 1.82) is 0 Å². The van der Waals surface area contributed by atoms with Gasteiger partial charge >= 0.3 is 0 Å². The van der Waals surface area contributed by atoms with E-state index in [2.05, 4.69) is 45.1 Å². The minimum atomic E-state index is -0.426. The van der Waals surface area contributed by atoms with Crippen LogP contribution in [0.2, 0.25) is 0 Å². The van der Waals surface area contributed by atoms with Crippen molar-refractivity contribution in [1.82, 2.24) is 14.3 Å². The molecule has 0 spiro atoms. The maximum absolute atomic E-state index is 10.5. The van der Waals surface area contributed by atoms with Crippen LogP contribution in [0.3, 0.4) is 0 Å². The molecule has 2 aromatic rings. The van der Waals surface area contributed by atoms with E-state index >= 15 is 0 Å². The van der Waals surface area contributed by atoms with E-state index in [0.717, 1.165) is 55.5 Å². The molecule has 1 aromatic heterocycles. The Kier molecular flexibility index (Phi) is 5.81. The van der Waals surface area contributed by atoms with E-state index in [-0.39, 0.29) is 0 Å². The highest BCUT2D eigenvalue weighted by molar-refractivity contribution is 7.09. The monoisotopic (exact) mass is 346 g/mol. The fourth-order valence-electron chi connectivity index (χ4n) is 3.00. The second-order valence-corrected chi connectivity index (χ2v) is 7.14. The van der Waals surface area contributed by atoms with Gasteiger partial charge < -0.3 is 10.0 Å².